The monoisotopic (exact) mass is 505 g/mol. The summed E-state index contributed by atoms with van der Waals surface area (Å²) in [6.07, 6.45) is 2.01. The zero-order chi connectivity index (χ0) is 24.4. The van der Waals surface area contributed by atoms with Crippen LogP contribution in [0.2, 0.25) is 10.0 Å². The summed E-state index contributed by atoms with van der Waals surface area (Å²) in [5, 5.41) is 5.04. The number of para-hydroxylation sites is 1. The van der Waals surface area contributed by atoms with Crippen LogP contribution in [0.4, 0.5) is 0 Å². The van der Waals surface area contributed by atoms with Crippen molar-refractivity contribution in [3.63, 3.8) is 0 Å². The lowest BCUT2D eigenvalue weighted by Crippen LogP contribution is -2.52. The number of fused-ring (bicyclic) bond motifs is 1. The van der Waals surface area contributed by atoms with Gasteiger partial charge < -0.3 is 15.2 Å². The van der Waals surface area contributed by atoms with Crippen molar-refractivity contribution in [3.8, 4) is 0 Å². The van der Waals surface area contributed by atoms with Gasteiger partial charge in [-0.1, -0.05) is 71.7 Å². The smallest absolute Gasteiger partial charge is 0.267 e. The quantitative estimate of drug-likeness (QED) is 0.343. The van der Waals surface area contributed by atoms with Crippen LogP contribution in [0.5, 0.6) is 0 Å². The van der Waals surface area contributed by atoms with Gasteiger partial charge in [0.1, 0.15) is 5.69 Å². The lowest BCUT2D eigenvalue weighted by atomic mass is 9.91. The van der Waals surface area contributed by atoms with Gasteiger partial charge in [-0.3, -0.25) is 9.59 Å². The van der Waals surface area contributed by atoms with E-state index in [-0.39, 0.29) is 23.9 Å². The summed E-state index contributed by atoms with van der Waals surface area (Å²) >= 11 is 12.3. The number of H-pyrrole nitrogens is 1. The van der Waals surface area contributed by atoms with Crippen LogP contribution in [0, 0.1) is 0 Å². The van der Waals surface area contributed by atoms with E-state index < -0.39 is 0 Å². The molecule has 7 heteroatoms. The van der Waals surface area contributed by atoms with Crippen molar-refractivity contribution in [2.45, 2.75) is 31.3 Å². The van der Waals surface area contributed by atoms with Crippen LogP contribution in [0.1, 0.15) is 39.3 Å². The third-order valence-electron chi connectivity index (χ3n) is 6.51. The first-order valence-electron chi connectivity index (χ1n) is 11.7. The Balaban J connectivity index is 1.35. The first-order chi connectivity index (χ1) is 17.0. The molecule has 0 aliphatic carbocycles. The fourth-order valence-electron chi connectivity index (χ4n) is 4.83. The summed E-state index contributed by atoms with van der Waals surface area (Å²) in [7, 11) is 0. The molecule has 0 bridgehead atoms. The lowest BCUT2D eigenvalue weighted by Gasteiger charge is -2.40. The molecular weight excluding hydrogens is 481 g/mol. The summed E-state index contributed by atoms with van der Waals surface area (Å²) in [4.78, 5) is 31.6. The molecule has 5 rings (SSSR count). The molecule has 2 unspecified atom stereocenters. The van der Waals surface area contributed by atoms with Gasteiger partial charge in [-0.25, -0.2) is 0 Å². The molecular formula is C28H25Cl2N3O2. The Morgan fingerprint density at radius 2 is 1.66 bits per heavy atom. The SMILES string of the molecule is O=C(NC1CCN(C(=O)c2cc(Cl)cc(Cl)c2)C(Cc2ccccc2)C1)c1cc2ccccc2[nH]1. The fourth-order valence-corrected chi connectivity index (χ4v) is 5.36. The van der Waals surface area contributed by atoms with E-state index in [0.717, 1.165) is 16.5 Å². The molecule has 2 amide bonds. The van der Waals surface area contributed by atoms with Gasteiger partial charge >= 0.3 is 0 Å². The molecule has 1 fully saturated rings. The number of carbonyl (C=O) groups is 2. The number of nitrogens with zero attached hydrogens (tertiary/aromatic N) is 1. The van der Waals surface area contributed by atoms with Gasteiger partial charge in [0.05, 0.1) is 0 Å². The van der Waals surface area contributed by atoms with E-state index in [1.54, 1.807) is 18.2 Å². The van der Waals surface area contributed by atoms with Crippen LogP contribution < -0.4 is 5.32 Å². The minimum absolute atomic E-state index is 0.0466. The van der Waals surface area contributed by atoms with Crippen molar-refractivity contribution >= 4 is 45.9 Å². The number of hydrogen-bond donors (Lipinski definition) is 2. The first-order valence-corrected chi connectivity index (χ1v) is 12.4. The molecule has 35 heavy (non-hydrogen) atoms. The summed E-state index contributed by atoms with van der Waals surface area (Å²) in [5.41, 5.74) is 3.08. The molecule has 5 nitrogen and oxygen atoms in total. The number of nitrogens with one attached hydrogen (secondary N) is 2. The molecule has 3 aromatic carbocycles. The van der Waals surface area contributed by atoms with Gasteiger partial charge in [0.25, 0.3) is 11.8 Å². The Hall–Kier alpha value is -3.28. The number of hydrogen-bond acceptors (Lipinski definition) is 2. The molecule has 1 aliphatic heterocycles. The first kappa shape index (κ1) is 23.5. The average molecular weight is 506 g/mol. The Kier molecular flexibility index (Phi) is 6.80. The summed E-state index contributed by atoms with van der Waals surface area (Å²) in [5.74, 6) is -0.234. The van der Waals surface area contributed by atoms with E-state index in [2.05, 4.69) is 22.4 Å². The van der Waals surface area contributed by atoms with E-state index in [1.165, 1.54) is 0 Å². The minimum Gasteiger partial charge on any atom is -0.351 e. The molecule has 178 valence electrons. The molecule has 0 spiro atoms. The van der Waals surface area contributed by atoms with Crippen molar-refractivity contribution in [2.24, 2.45) is 0 Å². The van der Waals surface area contributed by atoms with E-state index in [0.29, 0.717) is 47.1 Å². The van der Waals surface area contributed by atoms with E-state index in [9.17, 15) is 9.59 Å². The number of aromatic nitrogens is 1. The Morgan fingerprint density at radius 3 is 2.40 bits per heavy atom. The van der Waals surface area contributed by atoms with Crippen molar-refractivity contribution in [1.82, 2.24) is 15.2 Å². The largest absolute Gasteiger partial charge is 0.351 e. The Labute approximate surface area is 214 Å². The Morgan fingerprint density at radius 1 is 0.943 bits per heavy atom. The van der Waals surface area contributed by atoms with E-state index in [1.807, 2.05) is 53.4 Å². The number of carbonyl (C=O) groups excluding carboxylic acids is 2. The molecule has 2 heterocycles. The van der Waals surface area contributed by atoms with Crippen LogP contribution in [-0.2, 0) is 6.42 Å². The highest BCUT2D eigenvalue weighted by Gasteiger charge is 2.33. The second-order valence-electron chi connectivity index (χ2n) is 8.97. The zero-order valence-corrected chi connectivity index (χ0v) is 20.5. The summed E-state index contributed by atoms with van der Waals surface area (Å²) < 4.78 is 0. The number of aromatic amines is 1. The average Bonchev–Trinajstić information content (AvgIpc) is 3.29. The molecule has 1 aromatic heterocycles. The molecule has 2 N–H and O–H groups in total. The predicted octanol–water partition coefficient (Wildman–Crippen LogP) is 6.12. The van der Waals surface area contributed by atoms with E-state index in [4.69, 9.17) is 23.2 Å². The number of rotatable bonds is 5. The van der Waals surface area contributed by atoms with Crippen LogP contribution in [-0.4, -0.2) is 40.3 Å². The predicted molar refractivity (Wildman–Crippen MR) is 140 cm³/mol. The van der Waals surface area contributed by atoms with Crippen LogP contribution in [0.15, 0.2) is 78.9 Å². The van der Waals surface area contributed by atoms with Crippen LogP contribution in [0.25, 0.3) is 10.9 Å². The molecule has 0 radical (unpaired) electrons. The molecule has 1 aliphatic rings. The van der Waals surface area contributed by atoms with Gasteiger partial charge in [0.2, 0.25) is 0 Å². The van der Waals surface area contributed by atoms with Crippen molar-refractivity contribution in [3.05, 3.63) is 106 Å². The normalized spacial score (nSPS) is 17.9. The lowest BCUT2D eigenvalue weighted by molar-refractivity contribution is 0.0570. The fraction of sp³-hybridized carbons (Fsp3) is 0.214. The van der Waals surface area contributed by atoms with Crippen LogP contribution >= 0.6 is 23.2 Å². The van der Waals surface area contributed by atoms with E-state index >= 15 is 0 Å². The molecule has 4 aromatic rings. The van der Waals surface area contributed by atoms with Gasteiger partial charge in [-0.05, 0) is 55.2 Å². The number of piperidine rings is 1. The topological polar surface area (TPSA) is 65.2 Å². The molecule has 0 saturated carbocycles. The number of likely N-dealkylation sites (tertiary alicyclic amines) is 1. The summed E-state index contributed by atoms with van der Waals surface area (Å²) in [6.45, 7) is 0.526. The minimum atomic E-state index is -0.133. The third kappa shape index (κ3) is 5.37. The number of amides is 2. The highest BCUT2D eigenvalue weighted by molar-refractivity contribution is 6.35. The number of halogens is 2. The maximum atomic E-state index is 13.5. The molecule has 2 atom stereocenters. The second-order valence-corrected chi connectivity index (χ2v) is 9.84. The summed E-state index contributed by atoms with van der Waals surface area (Å²) in [6, 6.07) is 24.6. The van der Waals surface area contributed by atoms with Gasteiger partial charge in [0.15, 0.2) is 0 Å². The highest BCUT2D eigenvalue weighted by Crippen LogP contribution is 2.26. The van der Waals surface area contributed by atoms with Gasteiger partial charge in [-0.15, -0.1) is 0 Å². The zero-order valence-electron chi connectivity index (χ0n) is 19.0. The van der Waals surface area contributed by atoms with Crippen LogP contribution in [0.3, 0.4) is 0 Å². The van der Waals surface area contributed by atoms with Crippen molar-refractivity contribution in [2.75, 3.05) is 6.54 Å². The van der Waals surface area contributed by atoms with Crippen molar-refractivity contribution in [1.29, 1.82) is 0 Å². The Bertz CT molecular complexity index is 1320. The highest BCUT2D eigenvalue weighted by atomic mass is 35.5. The van der Waals surface area contributed by atoms with Gasteiger partial charge in [-0.2, -0.15) is 0 Å². The van der Waals surface area contributed by atoms with Gasteiger partial charge in [0, 0.05) is 45.1 Å². The second kappa shape index (κ2) is 10.1. The maximum absolute atomic E-state index is 13.5. The molecule has 1 saturated heterocycles. The maximum Gasteiger partial charge on any atom is 0.267 e. The standard InChI is InChI=1S/C28H25Cl2N3O2/c29-21-13-20(14-22(30)16-21)28(35)33-11-10-23(17-24(33)12-18-6-2-1-3-7-18)31-27(34)26-15-19-8-4-5-9-25(19)32-26/h1-9,13-16,23-24,32H,10-12,17H2,(H,31,34). The number of benzene rings is 3. The third-order valence-corrected chi connectivity index (χ3v) is 6.95. The van der Waals surface area contributed by atoms with Crippen molar-refractivity contribution < 1.29 is 9.59 Å².